The number of carbonyl (C=O) groups is 3. The van der Waals surface area contributed by atoms with Gasteiger partial charge < -0.3 is 10.2 Å². The van der Waals surface area contributed by atoms with Crippen LogP contribution < -0.4 is 0 Å². The van der Waals surface area contributed by atoms with Crippen molar-refractivity contribution in [3.05, 3.63) is 11.6 Å². The molecule has 26 heavy (non-hydrogen) atoms. The van der Waals surface area contributed by atoms with Crippen molar-refractivity contribution in [2.24, 2.45) is 28.6 Å². The third-order valence-corrected chi connectivity index (χ3v) is 8.41. The van der Waals surface area contributed by atoms with Gasteiger partial charge in [0.15, 0.2) is 11.6 Å². The van der Waals surface area contributed by atoms with Crippen molar-refractivity contribution in [2.75, 3.05) is 6.61 Å². The monoisotopic (exact) mass is 360 g/mol. The number of ketones is 3. The van der Waals surface area contributed by atoms with Crippen LogP contribution in [0.2, 0.25) is 0 Å². The van der Waals surface area contributed by atoms with E-state index in [4.69, 9.17) is 0 Å². The van der Waals surface area contributed by atoms with E-state index >= 15 is 0 Å². The van der Waals surface area contributed by atoms with Gasteiger partial charge in [-0.15, -0.1) is 0 Å². The van der Waals surface area contributed by atoms with Crippen molar-refractivity contribution >= 4 is 17.3 Å². The SMILES string of the molecule is CC12CCC(=O)C=C1CCC1C2C(=O)CC2(C)C1CC[C@@]2(O)C(=O)CO. The molecule has 6 atom stereocenters. The second-order valence-corrected chi connectivity index (χ2v) is 9.38. The molecule has 4 rings (SSSR count). The summed E-state index contributed by atoms with van der Waals surface area (Å²) in [5, 5.41) is 20.5. The van der Waals surface area contributed by atoms with Crippen LogP contribution in [0.1, 0.15) is 58.8 Å². The number of carbonyl (C=O) groups excluding carboxylic acids is 3. The molecule has 0 aromatic carbocycles. The summed E-state index contributed by atoms with van der Waals surface area (Å²) in [7, 11) is 0. The summed E-state index contributed by atoms with van der Waals surface area (Å²) in [4.78, 5) is 37.5. The first-order valence-electron chi connectivity index (χ1n) is 9.80. The molecule has 4 aliphatic rings. The van der Waals surface area contributed by atoms with Crippen molar-refractivity contribution in [1.82, 2.24) is 0 Å². The highest BCUT2D eigenvalue weighted by Gasteiger charge is 2.68. The Balaban J connectivity index is 1.75. The first-order chi connectivity index (χ1) is 12.2. The van der Waals surface area contributed by atoms with E-state index in [0.29, 0.717) is 25.7 Å². The Labute approximate surface area is 153 Å². The van der Waals surface area contributed by atoms with Crippen LogP contribution in [0.4, 0.5) is 0 Å². The van der Waals surface area contributed by atoms with Gasteiger partial charge in [0.1, 0.15) is 18.0 Å². The van der Waals surface area contributed by atoms with Crippen molar-refractivity contribution < 1.29 is 24.6 Å². The van der Waals surface area contributed by atoms with Gasteiger partial charge in [-0.05, 0) is 55.4 Å². The van der Waals surface area contributed by atoms with Crippen molar-refractivity contribution in [2.45, 2.75) is 64.4 Å². The zero-order valence-electron chi connectivity index (χ0n) is 15.6. The van der Waals surface area contributed by atoms with Gasteiger partial charge in [0.2, 0.25) is 0 Å². The molecule has 0 aromatic heterocycles. The quantitative estimate of drug-likeness (QED) is 0.786. The van der Waals surface area contributed by atoms with Crippen LogP contribution in [-0.4, -0.2) is 39.8 Å². The number of aliphatic hydroxyl groups excluding tert-OH is 1. The molecule has 0 bridgehead atoms. The van der Waals surface area contributed by atoms with Gasteiger partial charge in [0.25, 0.3) is 0 Å². The van der Waals surface area contributed by atoms with E-state index in [2.05, 4.69) is 6.92 Å². The van der Waals surface area contributed by atoms with Gasteiger partial charge in [0, 0.05) is 24.2 Å². The third-order valence-electron chi connectivity index (χ3n) is 8.41. The molecule has 0 aliphatic heterocycles. The number of aliphatic hydroxyl groups is 2. The van der Waals surface area contributed by atoms with Crippen LogP contribution in [0.15, 0.2) is 11.6 Å². The number of hydrogen-bond acceptors (Lipinski definition) is 5. The molecule has 0 amide bonds. The molecule has 5 heteroatoms. The van der Waals surface area contributed by atoms with E-state index in [1.54, 1.807) is 6.08 Å². The minimum Gasteiger partial charge on any atom is -0.388 e. The van der Waals surface area contributed by atoms with E-state index < -0.39 is 23.4 Å². The first kappa shape index (κ1) is 18.1. The van der Waals surface area contributed by atoms with Crippen LogP contribution in [0.3, 0.4) is 0 Å². The van der Waals surface area contributed by atoms with E-state index in [0.717, 1.165) is 18.4 Å². The van der Waals surface area contributed by atoms with Crippen molar-refractivity contribution in [1.29, 1.82) is 0 Å². The fourth-order valence-electron chi connectivity index (χ4n) is 6.98. The number of rotatable bonds is 2. The molecule has 3 fully saturated rings. The highest BCUT2D eigenvalue weighted by molar-refractivity contribution is 5.94. The number of hydrogen-bond donors (Lipinski definition) is 2. The molecular formula is C21H28O5. The molecule has 3 saturated carbocycles. The van der Waals surface area contributed by atoms with Gasteiger partial charge in [0.05, 0.1) is 0 Å². The summed E-state index contributed by atoms with van der Waals surface area (Å²) in [6, 6.07) is 0. The summed E-state index contributed by atoms with van der Waals surface area (Å²) < 4.78 is 0. The lowest BCUT2D eigenvalue weighted by atomic mass is 9.46. The molecule has 5 nitrogen and oxygen atoms in total. The zero-order chi connectivity index (χ0) is 18.9. The average Bonchev–Trinajstić information content (AvgIpc) is 2.86. The minimum absolute atomic E-state index is 0.0988. The van der Waals surface area contributed by atoms with Crippen LogP contribution in [0.5, 0.6) is 0 Å². The standard InChI is InChI=1S/C21H28O5/c1-19-7-5-13(23)9-12(19)3-4-14-15-6-8-21(26,17(25)11-22)20(15,2)10-16(24)18(14)19/h9,14-15,18,22,26H,3-8,10-11H2,1-2H3/t14?,15?,18?,19?,20?,21-/m1/s1. The summed E-state index contributed by atoms with van der Waals surface area (Å²) in [6.07, 6.45) is 5.83. The summed E-state index contributed by atoms with van der Waals surface area (Å²) in [5.74, 6) is -0.172. The highest BCUT2D eigenvalue weighted by atomic mass is 16.3. The largest absolute Gasteiger partial charge is 0.388 e. The molecule has 0 heterocycles. The lowest BCUT2D eigenvalue weighted by Gasteiger charge is -2.57. The average molecular weight is 360 g/mol. The van der Waals surface area contributed by atoms with Gasteiger partial charge in [-0.2, -0.15) is 0 Å². The van der Waals surface area contributed by atoms with Crippen molar-refractivity contribution in [3.8, 4) is 0 Å². The summed E-state index contributed by atoms with van der Waals surface area (Å²) >= 11 is 0. The Morgan fingerprint density at radius 2 is 1.92 bits per heavy atom. The number of fused-ring (bicyclic) bond motifs is 5. The van der Waals surface area contributed by atoms with Crippen LogP contribution in [0, 0.1) is 28.6 Å². The van der Waals surface area contributed by atoms with E-state index in [1.165, 1.54) is 0 Å². The fourth-order valence-corrected chi connectivity index (χ4v) is 6.98. The van der Waals surface area contributed by atoms with Gasteiger partial charge in [-0.25, -0.2) is 0 Å². The Kier molecular flexibility index (Phi) is 3.88. The van der Waals surface area contributed by atoms with E-state index in [-0.39, 0.29) is 41.2 Å². The fraction of sp³-hybridized carbons (Fsp3) is 0.762. The number of allylic oxidation sites excluding steroid dienone is 1. The Morgan fingerprint density at radius 1 is 1.19 bits per heavy atom. The van der Waals surface area contributed by atoms with E-state index in [1.807, 2.05) is 6.92 Å². The molecule has 0 aromatic rings. The maximum atomic E-state index is 13.3. The smallest absolute Gasteiger partial charge is 0.190 e. The minimum atomic E-state index is -1.60. The normalized spacial score (nSPS) is 47.7. The molecular weight excluding hydrogens is 332 g/mol. The molecule has 0 radical (unpaired) electrons. The highest BCUT2D eigenvalue weighted by Crippen LogP contribution is 2.66. The van der Waals surface area contributed by atoms with Gasteiger partial charge in [-0.1, -0.05) is 19.4 Å². The third kappa shape index (κ3) is 2.07. The van der Waals surface area contributed by atoms with Gasteiger partial charge in [-0.3, -0.25) is 14.4 Å². The van der Waals surface area contributed by atoms with Crippen molar-refractivity contribution in [3.63, 3.8) is 0 Å². The summed E-state index contributed by atoms with van der Waals surface area (Å²) in [5.41, 5.74) is -1.55. The molecule has 0 saturated heterocycles. The van der Waals surface area contributed by atoms with Crippen LogP contribution >= 0.6 is 0 Å². The molecule has 2 N–H and O–H groups in total. The molecule has 142 valence electrons. The Morgan fingerprint density at radius 3 is 2.62 bits per heavy atom. The maximum absolute atomic E-state index is 13.3. The predicted molar refractivity (Wildman–Crippen MR) is 94.1 cm³/mol. The maximum Gasteiger partial charge on any atom is 0.190 e. The zero-order valence-corrected chi connectivity index (χ0v) is 15.6. The summed E-state index contributed by atoms with van der Waals surface area (Å²) in [6.45, 7) is 3.31. The van der Waals surface area contributed by atoms with Gasteiger partial charge >= 0.3 is 0 Å². The second kappa shape index (κ2) is 5.59. The molecule has 0 spiro atoms. The first-order valence-corrected chi connectivity index (χ1v) is 9.80. The predicted octanol–water partition coefficient (Wildman–Crippen LogP) is 1.99. The van der Waals surface area contributed by atoms with Crippen LogP contribution in [0.25, 0.3) is 0 Å². The number of Topliss-reactive ketones (excluding diaryl/α,β-unsaturated/α-hetero) is 2. The topological polar surface area (TPSA) is 91.7 Å². The van der Waals surface area contributed by atoms with E-state index in [9.17, 15) is 24.6 Å². The lowest BCUT2D eigenvalue weighted by Crippen LogP contribution is -2.60. The Bertz CT molecular complexity index is 724. The molecule has 4 aliphatic carbocycles. The Hall–Kier alpha value is -1.33. The second-order valence-electron chi connectivity index (χ2n) is 9.38. The molecule has 5 unspecified atom stereocenters. The lowest BCUT2D eigenvalue weighted by molar-refractivity contribution is -0.170. The van der Waals surface area contributed by atoms with Crippen LogP contribution in [-0.2, 0) is 14.4 Å².